The van der Waals surface area contributed by atoms with Crippen molar-refractivity contribution in [2.45, 2.75) is 39.3 Å². The number of anilines is 2. The normalized spacial score (nSPS) is 11.2. The van der Waals surface area contributed by atoms with E-state index in [1.807, 2.05) is 48.5 Å². The monoisotopic (exact) mass is 868 g/mol. The number of hydrogen-bond donors (Lipinski definition) is 2. The molecule has 0 saturated carbocycles. The first-order valence-electron chi connectivity index (χ1n) is 19.8. The summed E-state index contributed by atoms with van der Waals surface area (Å²) in [4.78, 5) is 33.8. The van der Waals surface area contributed by atoms with Gasteiger partial charge in [-0.25, -0.2) is 0 Å². The Bertz CT molecular complexity index is 2700. The van der Waals surface area contributed by atoms with Gasteiger partial charge in [0.25, 0.3) is 11.8 Å². The molecule has 0 radical (unpaired) electrons. The van der Waals surface area contributed by atoms with Gasteiger partial charge in [-0.2, -0.15) is 17.6 Å². The zero-order valence-corrected chi connectivity index (χ0v) is 34.4. The molecule has 0 unspecified atom stereocenters. The molecule has 0 aliphatic carbocycles. The Hall–Kier alpha value is -8.00. The van der Waals surface area contributed by atoms with E-state index in [4.69, 9.17) is 9.47 Å². The second-order valence-electron chi connectivity index (χ2n) is 14.5. The average Bonchev–Trinajstić information content (AvgIpc) is 3.27. The number of amides is 2. The minimum Gasteiger partial charge on any atom is -0.489 e. The first-order valence-corrected chi connectivity index (χ1v) is 19.8. The second kappa shape index (κ2) is 19.8. The highest BCUT2D eigenvalue weighted by Gasteiger charge is 2.24. The van der Waals surface area contributed by atoms with Crippen LogP contribution in [-0.2, 0) is 13.2 Å². The van der Waals surface area contributed by atoms with Gasteiger partial charge in [-0.1, -0.05) is 72.8 Å². The van der Waals surface area contributed by atoms with Gasteiger partial charge in [0, 0.05) is 95.2 Å². The third-order valence-electron chi connectivity index (χ3n) is 9.26. The van der Waals surface area contributed by atoms with Crippen molar-refractivity contribution in [2.24, 2.45) is 0 Å². The summed E-state index contributed by atoms with van der Waals surface area (Å²) in [5.41, 5.74) is 3.27. The second-order valence-corrected chi connectivity index (χ2v) is 14.5. The van der Waals surface area contributed by atoms with E-state index in [9.17, 15) is 27.2 Å². The van der Waals surface area contributed by atoms with E-state index < -0.39 is 24.0 Å². The SMILES string of the molecule is CC(F)(F)Oc1cccc(NC(=O)c2cccc(OCc3cncc4ccccc34)c2)c1.CC(F)(F)Oc1cccc(NC(=O)c2cccc(OCc3cncc4ccccc34)c2)c1. The number of fused-ring (bicyclic) bond motifs is 2. The minimum absolute atomic E-state index is 0.0453. The van der Waals surface area contributed by atoms with Gasteiger partial charge in [0.2, 0.25) is 0 Å². The van der Waals surface area contributed by atoms with Gasteiger partial charge in [0.1, 0.15) is 36.2 Å². The van der Waals surface area contributed by atoms with E-state index in [-0.39, 0.29) is 11.5 Å². The van der Waals surface area contributed by atoms with Crippen LogP contribution in [0.2, 0.25) is 0 Å². The molecule has 8 aromatic rings. The maximum absolute atomic E-state index is 13.1. The Morgan fingerprint density at radius 1 is 0.484 bits per heavy atom. The molecule has 6 aromatic carbocycles. The predicted octanol–water partition coefficient (Wildman–Crippen LogP) is 12.1. The molecule has 8 rings (SSSR count). The lowest BCUT2D eigenvalue weighted by Crippen LogP contribution is -2.19. The zero-order valence-electron chi connectivity index (χ0n) is 34.4. The van der Waals surface area contributed by atoms with E-state index in [0.717, 1.165) is 32.7 Å². The number of nitrogens with zero attached hydrogens (tertiary/aromatic N) is 2. The first-order chi connectivity index (χ1) is 30.7. The molecule has 2 aromatic heterocycles. The molecule has 0 fully saturated rings. The van der Waals surface area contributed by atoms with Crippen LogP contribution < -0.4 is 29.6 Å². The van der Waals surface area contributed by atoms with Crippen molar-refractivity contribution in [3.05, 3.63) is 193 Å². The minimum atomic E-state index is -3.31. The van der Waals surface area contributed by atoms with Gasteiger partial charge in [0.15, 0.2) is 0 Å². The Labute approximate surface area is 365 Å². The zero-order chi connectivity index (χ0) is 45.1. The molecule has 10 nitrogen and oxygen atoms in total. The molecule has 2 N–H and O–H groups in total. The lowest BCUT2D eigenvalue weighted by molar-refractivity contribution is -0.159. The number of aromatic nitrogens is 2. The Balaban J connectivity index is 0.000000191. The number of benzene rings is 6. The molecule has 2 amide bonds. The lowest BCUT2D eigenvalue weighted by atomic mass is 10.1. The third-order valence-corrected chi connectivity index (χ3v) is 9.26. The maximum atomic E-state index is 13.1. The fraction of sp³-hybridized carbons (Fsp3) is 0.120. The maximum Gasteiger partial charge on any atom is 0.394 e. The Kier molecular flexibility index (Phi) is 13.6. The highest BCUT2D eigenvalue weighted by molar-refractivity contribution is 6.05. The molecule has 14 heteroatoms. The van der Waals surface area contributed by atoms with Gasteiger partial charge >= 0.3 is 12.2 Å². The topological polar surface area (TPSA) is 121 Å². The molecule has 0 bridgehead atoms. The van der Waals surface area contributed by atoms with Crippen LogP contribution in [0.15, 0.2) is 170 Å². The molecular formula is C50H40F4N4O6. The summed E-state index contributed by atoms with van der Waals surface area (Å²) >= 11 is 0. The molecule has 0 saturated heterocycles. The highest BCUT2D eigenvalue weighted by Crippen LogP contribution is 2.27. The predicted molar refractivity (Wildman–Crippen MR) is 236 cm³/mol. The van der Waals surface area contributed by atoms with Crippen LogP contribution in [0.25, 0.3) is 21.5 Å². The molecule has 324 valence electrons. The van der Waals surface area contributed by atoms with E-state index in [0.29, 0.717) is 61.1 Å². The van der Waals surface area contributed by atoms with Crippen molar-refractivity contribution in [3.63, 3.8) is 0 Å². The van der Waals surface area contributed by atoms with E-state index in [2.05, 4.69) is 30.1 Å². The number of pyridine rings is 2. The molecule has 0 atom stereocenters. The number of alkyl halides is 4. The van der Waals surface area contributed by atoms with Gasteiger partial charge in [-0.15, -0.1) is 0 Å². The summed E-state index contributed by atoms with van der Waals surface area (Å²) in [6, 6.07) is 40.9. The van der Waals surface area contributed by atoms with Crippen molar-refractivity contribution < 1.29 is 46.1 Å². The van der Waals surface area contributed by atoms with Crippen LogP contribution in [0, 0.1) is 0 Å². The number of hydrogen-bond acceptors (Lipinski definition) is 8. The number of ether oxygens (including phenoxy) is 4. The van der Waals surface area contributed by atoms with Crippen LogP contribution in [0.4, 0.5) is 28.9 Å². The van der Waals surface area contributed by atoms with Crippen LogP contribution in [-0.4, -0.2) is 34.0 Å². The number of carbonyl (C=O) groups is 2. The molecule has 64 heavy (non-hydrogen) atoms. The largest absolute Gasteiger partial charge is 0.489 e. The fourth-order valence-electron chi connectivity index (χ4n) is 6.46. The quantitative estimate of drug-likeness (QED) is 0.104. The summed E-state index contributed by atoms with van der Waals surface area (Å²) in [5.74, 6) is 0.152. The average molecular weight is 869 g/mol. The Morgan fingerprint density at radius 3 is 1.30 bits per heavy atom. The van der Waals surface area contributed by atoms with Crippen LogP contribution >= 0.6 is 0 Å². The van der Waals surface area contributed by atoms with Crippen molar-refractivity contribution in [1.29, 1.82) is 0 Å². The fourth-order valence-corrected chi connectivity index (χ4v) is 6.46. The van der Waals surface area contributed by atoms with Crippen molar-refractivity contribution in [1.82, 2.24) is 9.97 Å². The first kappa shape index (κ1) is 44.1. The van der Waals surface area contributed by atoms with E-state index in [1.54, 1.807) is 85.5 Å². The van der Waals surface area contributed by atoms with E-state index in [1.165, 1.54) is 36.4 Å². The molecule has 0 spiro atoms. The van der Waals surface area contributed by atoms with Crippen molar-refractivity contribution >= 4 is 44.7 Å². The molecule has 0 aliphatic rings. The Morgan fingerprint density at radius 2 is 0.875 bits per heavy atom. The number of halogens is 4. The summed E-state index contributed by atoms with van der Waals surface area (Å²) in [6.45, 7) is 1.89. The summed E-state index contributed by atoms with van der Waals surface area (Å²) in [7, 11) is 0. The smallest absolute Gasteiger partial charge is 0.394 e. The van der Waals surface area contributed by atoms with Crippen LogP contribution in [0.1, 0.15) is 45.7 Å². The van der Waals surface area contributed by atoms with Gasteiger partial charge in [0.05, 0.1) is 0 Å². The van der Waals surface area contributed by atoms with Crippen molar-refractivity contribution in [3.8, 4) is 23.0 Å². The van der Waals surface area contributed by atoms with Crippen LogP contribution in [0.3, 0.4) is 0 Å². The van der Waals surface area contributed by atoms with Gasteiger partial charge < -0.3 is 29.6 Å². The number of rotatable bonds is 14. The lowest BCUT2D eigenvalue weighted by Gasteiger charge is -2.14. The van der Waals surface area contributed by atoms with E-state index >= 15 is 0 Å². The summed E-state index contributed by atoms with van der Waals surface area (Å²) < 4.78 is 73.1. The molecular weight excluding hydrogens is 829 g/mol. The van der Waals surface area contributed by atoms with Crippen molar-refractivity contribution in [2.75, 3.05) is 10.6 Å². The van der Waals surface area contributed by atoms with Gasteiger partial charge in [-0.3, -0.25) is 19.6 Å². The summed E-state index contributed by atoms with van der Waals surface area (Å²) in [5, 5.41) is 9.51. The highest BCUT2D eigenvalue weighted by atomic mass is 19.3. The van der Waals surface area contributed by atoms with Crippen LogP contribution in [0.5, 0.6) is 23.0 Å². The summed E-state index contributed by atoms with van der Waals surface area (Å²) in [6.07, 6.45) is 0.486. The number of nitrogens with one attached hydrogen (secondary N) is 2. The van der Waals surface area contributed by atoms with Gasteiger partial charge in [-0.05, 0) is 71.4 Å². The standard InChI is InChI=1S/2C25H20F2N2O3/c2*1-25(26,27)32-22-10-5-8-20(13-22)29-24(30)17-7-4-9-21(12-17)31-16-19-15-28-14-18-6-2-3-11-23(18)19/h2*2-15H,16H2,1H3,(H,29,30). The number of carbonyl (C=O) groups excluding carboxylic acids is 2. The molecule has 0 aliphatic heterocycles. The molecule has 2 heterocycles. The third kappa shape index (κ3) is 12.5.